The maximum Gasteiger partial charge on any atom is 0.258 e. The molecule has 1 saturated heterocycles. The van der Waals surface area contributed by atoms with Gasteiger partial charge in [0.25, 0.3) is 5.91 Å². The number of carbonyl (C=O) groups is 1. The van der Waals surface area contributed by atoms with Gasteiger partial charge in [-0.1, -0.05) is 6.07 Å². The Morgan fingerprint density at radius 3 is 2.52 bits per heavy atom. The molecular weight excluding hydrogens is 371 g/mol. The van der Waals surface area contributed by atoms with Crippen molar-refractivity contribution in [3.05, 3.63) is 53.3 Å². The van der Waals surface area contributed by atoms with Crippen LogP contribution in [0.3, 0.4) is 0 Å². The average Bonchev–Trinajstić information content (AvgIpc) is 3.17. The summed E-state index contributed by atoms with van der Waals surface area (Å²) in [5, 5.41) is 2.60. The van der Waals surface area contributed by atoms with Crippen LogP contribution in [-0.4, -0.2) is 38.8 Å². The number of benzene rings is 2. The van der Waals surface area contributed by atoms with E-state index in [9.17, 15) is 17.6 Å². The summed E-state index contributed by atoms with van der Waals surface area (Å²) in [6.45, 7) is 2.71. The van der Waals surface area contributed by atoms with Gasteiger partial charge in [0, 0.05) is 13.1 Å². The summed E-state index contributed by atoms with van der Waals surface area (Å²) < 4.78 is 46.2. The lowest BCUT2D eigenvalue weighted by molar-refractivity contribution is 0.102. The van der Waals surface area contributed by atoms with Crippen LogP contribution in [0, 0.1) is 12.7 Å². The Morgan fingerprint density at radius 1 is 1.15 bits per heavy atom. The minimum absolute atomic E-state index is 0.0906. The molecule has 1 fully saturated rings. The number of aryl methyl sites for hydroxylation is 1. The SMILES string of the molecule is COc1ccc(C)cc1NC(=O)c1cc(S(=O)(=O)N2CCCC2)ccc1F. The maximum atomic E-state index is 14.2. The van der Waals surface area contributed by atoms with Gasteiger partial charge in [-0.15, -0.1) is 0 Å². The molecule has 3 rings (SSSR count). The van der Waals surface area contributed by atoms with E-state index < -0.39 is 21.7 Å². The summed E-state index contributed by atoms with van der Waals surface area (Å²) in [7, 11) is -2.28. The third kappa shape index (κ3) is 3.96. The fourth-order valence-corrected chi connectivity index (χ4v) is 4.57. The zero-order valence-electron chi connectivity index (χ0n) is 15.2. The Morgan fingerprint density at radius 2 is 1.85 bits per heavy atom. The molecule has 0 aromatic heterocycles. The number of hydrogen-bond donors (Lipinski definition) is 1. The second-order valence-electron chi connectivity index (χ2n) is 6.41. The summed E-state index contributed by atoms with van der Waals surface area (Å²) >= 11 is 0. The van der Waals surface area contributed by atoms with Crippen LogP contribution in [0.1, 0.15) is 28.8 Å². The number of sulfonamides is 1. The van der Waals surface area contributed by atoms with Crippen molar-refractivity contribution in [3.8, 4) is 5.75 Å². The molecule has 0 aliphatic carbocycles. The number of amides is 1. The van der Waals surface area contributed by atoms with Gasteiger partial charge in [-0.2, -0.15) is 4.31 Å². The smallest absolute Gasteiger partial charge is 0.258 e. The Labute approximate surface area is 158 Å². The van der Waals surface area contributed by atoms with E-state index in [1.54, 1.807) is 12.1 Å². The summed E-state index contributed by atoms with van der Waals surface area (Å²) in [4.78, 5) is 12.5. The quantitative estimate of drug-likeness (QED) is 0.848. The van der Waals surface area contributed by atoms with Crippen LogP contribution in [0.4, 0.5) is 10.1 Å². The topological polar surface area (TPSA) is 75.7 Å². The van der Waals surface area contributed by atoms with Crippen molar-refractivity contribution in [2.45, 2.75) is 24.7 Å². The highest BCUT2D eigenvalue weighted by molar-refractivity contribution is 7.89. The van der Waals surface area contributed by atoms with Crippen LogP contribution in [-0.2, 0) is 10.0 Å². The van der Waals surface area contributed by atoms with Crippen molar-refractivity contribution in [1.82, 2.24) is 4.31 Å². The molecule has 0 saturated carbocycles. The van der Waals surface area contributed by atoms with Crippen LogP contribution >= 0.6 is 0 Å². The molecule has 2 aromatic carbocycles. The molecule has 1 amide bonds. The first-order chi connectivity index (χ1) is 12.8. The van der Waals surface area contributed by atoms with Gasteiger partial charge in [0.05, 0.1) is 23.3 Å². The minimum atomic E-state index is -3.74. The average molecular weight is 392 g/mol. The van der Waals surface area contributed by atoms with Crippen molar-refractivity contribution in [2.24, 2.45) is 0 Å². The van der Waals surface area contributed by atoms with Gasteiger partial charge in [-0.3, -0.25) is 4.79 Å². The fourth-order valence-electron chi connectivity index (χ4n) is 3.03. The second-order valence-corrected chi connectivity index (χ2v) is 8.35. The van der Waals surface area contributed by atoms with Gasteiger partial charge in [0.15, 0.2) is 0 Å². The van der Waals surface area contributed by atoms with Crippen LogP contribution in [0.5, 0.6) is 5.75 Å². The lowest BCUT2D eigenvalue weighted by atomic mass is 10.1. The molecule has 1 N–H and O–H groups in total. The van der Waals surface area contributed by atoms with Crippen molar-refractivity contribution < 1.29 is 22.3 Å². The highest BCUT2D eigenvalue weighted by atomic mass is 32.2. The zero-order valence-corrected chi connectivity index (χ0v) is 16.0. The fraction of sp³-hybridized carbons (Fsp3) is 0.316. The van der Waals surface area contributed by atoms with E-state index in [0.717, 1.165) is 30.5 Å². The van der Waals surface area contributed by atoms with Gasteiger partial charge in [-0.25, -0.2) is 12.8 Å². The number of halogens is 1. The van der Waals surface area contributed by atoms with Gasteiger partial charge >= 0.3 is 0 Å². The molecule has 0 spiro atoms. The number of rotatable bonds is 5. The van der Waals surface area contributed by atoms with E-state index in [1.807, 2.05) is 13.0 Å². The minimum Gasteiger partial charge on any atom is -0.495 e. The standard InChI is InChI=1S/C19H21FN2O4S/c1-13-5-8-18(26-2)17(11-13)21-19(23)15-12-14(6-7-16(15)20)27(24,25)22-9-3-4-10-22/h5-8,11-12H,3-4,9-10H2,1-2H3,(H,21,23). The predicted molar refractivity (Wildman–Crippen MR) is 100 cm³/mol. The van der Waals surface area contributed by atoms with Crippen LogP contribution in [0.25, 0.3) is 0 Å². The first-order valence-corrected chi connectivity index (χ1v) is 10.0. The third-order valence-electron chi connectivity index (χ3n) is 4.49. The highest BCUT2D eigenvalue weighted by Crippen LogP contribution is 2.27. The number of nitrogens with zero attached hydrogens (tertiary/aromatic N) is 1. The molecule has 0 atom stereocenters. The summed E-state index contributed by atoms with van der Waals surface area (Å²) in [6, 6.07) is 8.48. The lowest BCUT2D eigenvalue weighted by Gasteiger charge is -2.16. The van der Waals surface area contributed by atoms with E-state index in [1.165, 1.54) is 17.5 Å². The van der Waals surface area contributed by atoms with Crippen molar-refractivity contribution in [1.29, 1.82) is 0 Å². The second kappa shape index (κ2) is 7.66. The molecule has 0 radical (unpaired) electrons. The molecular formula is C19H21FN2O4S. The number of methoxy groups -OCH3 is 1. The largest absolute Gasteiger partial charge is 0.495 e. The molecule has 6 nitrogen and oxygen atoms in total. The predicted octanol–water partition coefficient (Wildman–Crippen LogP) is 3.18. The monoisotopic (exact) mass is 392 g/mol. The molecule has 2 aromatic rings. The van der Waals surface area contributed by atoms with E-state index in [4.69, 9.17) is 4.74 Å². The Balaban J connectivity index is 1.93. The molecule has 144 valence electrons. The highest BCUT2D eigenvalue weighted by Gasteiger charge is 2.28. The normalized spacial score (nSPS) is 14.9. The van der Waals surface area contributed by atoms with Crippen molar-refractivity contribution in [3.63, 3.8) is 0 Å². The Kier molecular flexibility index (Phi) is 5.48. The van der Waals surface area contributed by atoms with Gasteiger partial charge in [0.2, 0.25) is 10.0 Å². The molecule has 1 aliphatic heterocycles. The third-order valence-corrected chi connectivity index (χ3v) is 6.38. The van der Waals surface area contributed by atoms with E-state index in [2.05, 4.69) is 5.32 Å². The number of anilines is 1. The first-order valence-electron chi connectivity index (χ1n) is 8.58. The summed E-state index contributed by atoms with van der Waals surface area (Å²) in [5.74, 6) is -1.11. The molecule has 1 aliphatic rings. The van der Waals surface area contributed by atoms with E-state index >= 15 is 0 Å². The first kappa shape index (κ1) is 19.3. The number of carbonyl (C=O) groups excluding carboxylic acids is 1. The van der Waals surface area contributed by atoms with Gasteiger partial charge in [0.1, 0.15) is 11.6 Å². The van der Waals surface area contributed by atoms with E-state index in [-0.39, 0.29) is 10.5 Å². The van der Waals surface area contributed by atoms with E-state index in [0.29, 0.717) is 24.5 Å². The molecule has 0 unspecified atom stereocenters. The zero-order chi connectivity index (χ0) is 19.6. The van der Waals surface area contributed by atoms with Crippen molar-refractivity contribution >= 4 is 21.6 Å². The molecule has 1 heterocycles. The number of hydrogen-bond acceptors (Lipinski definition) is 4. The van der Waals surface area contributed by atoms with Crippen molar-refractivity contribution in [2.75, 3.05) is 25.5 Å². The van der Waals surface area contributed by atoms with Crippen LogP contribution in [0.15, 0.2) is 41.3 Å². The Bertz CT molecular complexity index is 970. The molecule has 27 heavy (non-hydrogen) atoms. The van der Waals surface area contributed by atoms with Crippen LogP contribution in [0.2, 0.25) is 0 Å². The maximum absolute atomic E-state index is 14.2. The van der Waals surface area contributed by atoms with Crippen LogP contribution < -0.4 is 10.1 Å². The summed E-state index contributed by atoms with van der Waals surface area (Å²) in [6.07, 6.45) is 1.59. The Hall–Kier alpha value is -2.45. The van der Waals surface area contributed by atoms with Gasteiger partial charge in [-0.05, 0) is 55.7 Å². The lowest BCUT2D eigenvalue weighted by Crippen LogP contribution is -2.28. The molecule has 8 heteroatoms. The van der Waals surface area contributed by atoms with Gasteiger partial charge < -0.3 is 10.1 Å². The molecule has 0 bridgehead atoms. The number of nitrogens with one attached hydrogen (secondary N) is 1. The summed E-state index contributed by atoms with van der Waals surface area (Å²) in [5.41, 5.74) is 0.936. The number of ether oxygens (including phenoxy) is 1.